The van der Waals surface area contributed by atoms with Crippen LogP contribution in [0.15, 0.2) is 45.7 Å². The molecule has 16 heteroatoms. The van der Waals surface area contributed by atoms with Gasteiger partial charge in [0.25, 0.3) is 5.91 Å². The van der Waals surface area contributed by atoms with Crippen LogP contribution in [0.25, 0.3) is 11.1 Å². The number of amides is 2. The zero-order chi connectivity index (χ0) is 28.6. The van der Waals surface area contributed by atoms with E-state index < -0.39 is 50.9 Å². The molecule has 40 heavy (non-hydrogen) atoms. The molecule has 3 aromatic rings. The lowest BCUT2D eigenvalue weighted by Gasteiger charge is -2.44. The summed E-state index contributed by atoms with van der Waals surface area (Å²) >= 11 is 5.93. The Labute approximate surface area is 232 Å². The minimum Gasteiger partial charge on any atom is -0.447 e. The molecule has 0 spiro atoms. The molecule has 2 saturated heterocycles. The second-order valence-corrected chi connectivity index (χ2v) is 11.4. The number of hydroxylamine groups is 1. The van der Waals surface area contributed by atoms with Gasteiger partial charge in [-0.15, -0.1) is 0 Å². The molecule has 214 valence electrons. The molecule has 2 aliphatic heterocycles. The first-order valence-corrected chi connectivity index (χ1v) is 13.9. The number of nitrogens with zero attached hydrogens (tertiary/aromatic N) is 3. The number of fused-ring (bicyclic) bond motifs is 3. The maximum Gasteiger partial charge on any atom is 0.410 e. The fraction of sp³-hybridized carbons (Fsp3) is 0.375. The van der Waals surface area contributed by atoms with Gasteiger partial charge in [0, 0.05) is 30.8 Å². The number of ether oxygens (including phenoxy) is 3. The van der Waals surface area contributed by atoms with E-state index in [1.54, 1.807) is 12.1 Å². The van der Waals surface area contributed by atoms with E-state index in [-0.39, 0.29) is 38.0 Å². The summed E-state index contributed by atoms with van der Waals surface area (Å²) in [5, 5.41) is 9.79. The summed E-state index contributed by atoms with van der Waals surface area (Å²) in [5.41, 5.74) is 2.21. The normalized spacial score (nSPS) is 21.0. The van der Waals surface area contributed by atoms with Crippen molar-refractivity contribution in [3.8, 4) is 11.8 Å². The van der Waals surface area contributed by atoms with Crippen molar-refractivity contribution in [1.82, 2.24) is 19.7 Å². The maximum absolute atomic E-state index is 15.1. The molecule has 0 saturated carbocycles. The third kappa shape index (κ3) is 5.17. The molecule has 2 aliphatic rings. The molecular formula is C24H24ClFN4O9S. The van der Waals surface area contributed by atoms with Gasteiger partial charge < -0.3 is 18.6 Å². The summed E-state index contributed by atoms with van der Waals surface area (Å²) in [6, 6.07) is 4.61. The summed E-state index contributed by atoms with van der Waals surface area (Å²) < 4.78 is 64.1. The maximum atomic E-state index is 15.1. The molecule has 3 heterocycles. The molecule has 0 unspecified atom stereocenters. The highest BCUT2D eigenvalue weighted by Gasteiger charge is 2.55. The van der Waals surface area contributed by atoms with Gasteiger partial charge in [-0.05, 0) is 43.2 Å². The van der Waals surface area contributed by atoms with Gasteiger partial charge in [-0.1, -0.05) is 11.6 Å². The van der Waals surface area contributed by atoms with Gasteiger partial charge in [0.2, 0.25) is 10.0 Å². The summed E-state index contributed by atoms with van der Waals surface area (Å²) in [7, 11) is -3.05. The molecule has 1 aromatic heterocycles. The second-order valence-electron chi connectivity index (χ2n) is 9.09. The number of hydrogen-bond donors (Lipinski definition) is 2. The van der Waals surface area contributed by atoms with Crippen LogP contribution in [0.3, 0.4) is 0 Å². The van der Waals surface area contributed by atoms with Crippen molar-refractivity contribution >= 4 is 44.7 Å². The molecule has 2 N–H and O–H groups in total. The topological polar surface area (TPSA) is 161 Å². The van der Waals surface area contributed by atoms with Crippen LogP contribution in [-0.2, 0) is 24.3 Å². The zero-order valence-electron chi connectivity index (χ0n) is 21.0. The number of halogens is 2. The number of nitrogens with one attached hydrogen (secondary N) is 1. The lowest BCUT2D eigenvalue weighted by Crippen LogP contribution is -2.66. The van der Waals surface area contributed by atoms with E-state index in [0.717, 1.165) is 22.5 Å². The van der Waals surface area contributed by atoms with Gasteiger partial charge >= 0.3 is 12.2 Å². The third-order valence-electron chi connectivity index (χ3n) is 6.75. The first-order chi connectivity index (χ1) is 19.1. The van der Waals surface area contributed by atoms with Gasteiger partial charge in [0.05, 0.1) is 17.5 Å². The smallest absolute Gasteiger partial charge is 0.410 e. The minimum atomic E-state index is -4.49. The molecule has 0 aliphatic carbocycles. The molecule has 3 atom stereocenters. The molecule has 2 amide bonds. The summed E-state index contributed by atoms with van der Waals surface area (Å²) in [5.74, 6) is -2.43. The number of rotatable bonds is 8. The second kappa shape index (κ2) is 11.2. The number of methoxy groups -OCH3 is 1. The van der Waals surface area contributed by atoms with Crippen LogP contribution in [0, 0.1) is 5.82 Å². The van der Waals surface area contributed by atoms with Crippen LogP contribution in [0.1, 0.15) is 12.8 Å². The standard InChI is InChI=1S/C24H24ClFN4O9S/c1-36-8-9-37-24(32)30-14-3-6-18(30)21(22(31)28-33)29(12-14)40(34,35)15-4-7-19(16(26)11-15)38-23-27-17-5-2-13(25)10-20(17)39-23/h2,4-5,7,10-11,14,18,21,33H,3,6,8-9,12H2,1H3,(H,28,31)/t14-,18+,21-/m1/s1. The Morgan fingerprint density at radius 3 is 2.75 bits per heavy atom. The number of oxazole rings is 1. The van der Waals surface area contributed by atoms with E-state index in [1.165, 1.54) is 23.6 Å². The van der Waals surface area contributed by atoms with Crippen LogP contribution in [0.4, 0.5) is 9.18 Å². The van der Waals surface area contributed by atoms with Crippen LogP contribution in [0.2, 0.25) is 5.02 Å². The quantitative estimate of drug-likeness (QED) is 0.224. The average Bonchev–Trinajstić information content (AvgIpc) is 3.47. The van der Waals surface area contributed by atoms with Crippen molar-refractivity contribution in [1.29, 1.82) is 0 Å². The fourth-order valence-corrected chi connectivity index (χ4v) is 6.81. The first kappa shape index (κ1) is 28.0. The van der Waals surface area contributed by atoms with Crippen LogP contribution in [-0.4, -0.2) is 84.8 Å². The number of carbonyl (C=O) groups is 2. The third-order valence-corrected chi connectivity index (χ3v) is 8.83. The SMILES string of the molecule is COCCOC(=O)N1[C@@H]2CC[C@H]1[C@H](C(=O)NO)N(S(=O)(=O)c1ccc(Oc3nc4ccc(Cl)cc4o3)c(F)c1)C2. The highest BCUT2D eigenvalue weighted by Crippen LogP contribution is 2.38. The highest BCUT2D eigenvalue weighted by atomic mass is 35.5. The number of carbonyl (C=O) groups excluding carboxylic acids is 2. The van der Waals surface area contributed by atoms with E-state index in [0.29, 0.717) is 22.5 Å². The van der Waals surface area contributed by atoms with Crippen molar-refractivity contribution in [2.45, 2.75) is 35.9 Å². The Hall–Kier alpha value is -3.50. The number of piperazine rings is 1. The van der Waals surface area contributed by atoms with Crippen molar-refractivity contribution in [2.24, 2.45) is 0 Å². The van der Waals surface area contributed by atoms with Crippen LogP contribution >= 0.6 is 11.6 Å². The molecule has 13 nitrogen and oxygen atoms in total. The minimum absolute atomic E-state index is 0.0326. The van der Waals surface area contributed by atoms with Gasteiger partial charge in [-0.3, -0.25) is 14.9 Å². The molecular weight excluding hydrogens is 575 g/mol. The number of aromatic nitrogens is 1. The Kier molecular flexibility index (Phi) is 7.83. The van der Waals surface area contributed by atoms with Crippen LogP contribution in [0.5, 0.6) is 11.8 Å². The zero-order valence-corrected chi connectivity index (χ0v) is 22.5. The molecule has 2 bridgehead atoms. The summed E-state index contributed by atoms with van der Waals surface area (Å²) in [6.07, 6.45) is -0.337. The predicted octanol–water partition coefficient (Wildman–Crippen LogP) is 2.91. The lowest BCUT2D eigenvalue weighted by molar-refractivity contribution is -0.136. The van der Waals surface area contributed by atoms with E-state index in [1.807, 2.05) is 0 Å². The average molecular weight is 599 g/mol. The fourth-order valence-electron chi connectivity index (χ4n) is 4.98. The Morgan fingerprint density at radius 1 is 1.23 bits per heavy atom. The first-order valence-electron chi connectivity index (χ1n) is 12.1. The largest absolute Gasteiger partial charge is 0.447 e. The number of sulfonamides is 1. The Morgan fingerprint density at radius 2 is 2.02 bits per heavy atom. The van der Waals surface area contributed by atoms with E-state index >= 15 is 4.39 Å². The highest BCUT2D eigenvalue weighted by molar-refractivity contribution is 7.89. The Bertz CT molecular complexity index is 1550. The van der Waals surface area contributed by atoms with Gasteiger partial charge in [-0.2, -0.15) is 9.29 Å². The van der Waals surface area contributed by atoms with Crippen molar-refractivity contribution in [3.63, 3.8) is 0 Å². The molecule has 5 rings (SSSR count). The summed E-state index contributed by atoms with van der Waals surface area (Å²) in [6.45, 7) is -0.154. The number of benzene rings is 2. The van der Waals surface area contributed by atoms with Crippen molar-refractivity contribution < 1.29 is 46.2 Å². The van der Waals surface area contributed by atoms with Crippen molar-refractivity contribution in [3.05, 3.63) is 47.2 Å². The Balaban J connectivity index is 1.40. The van der Waals surface area contributed by atoms with E-state index in [4.69, 9.17) is 30.2 Å². The number of hydrogen-bond acceptors (Lipinski definition) is 10. The van der Waals surface area contributed by atoms with E-state index in [9.17, 15) is 23.2 Å². The molecule has 2 fully saturated rings. The van der Waals surface area contributed by atoms with Crippen LogP contribution < -0.4 is 10.2 Å². The predicted molar refractivity (Wildman–Crippen MR) is 135 cm³/mol. The molecule has 2 aromatic carbocycles. The molecule has 0 radical (unpaired) electrons. The lowest BCUT2D eigenvalue weighted by atomic mass is 10.1. The summed E-state index contributed by atoms with van der Waals surface area (Å²) in [4.78, 5) is 30.4. The van der Waals surface area contributed by atoms with Gasteiger partial charge in [0.15, 0.2) is 17.1 Å². The van der Waals surface area contributed by atoms with Gasteiger partial charge in [-0.25, -0.2) is 23.1 Å². The van der Waals surface area contributed by atoms with E-state index in [2.05, 4.69) is 4.98 Å². The van der Waals surface area contributed by atoms with Crippen molar-refractivity contribution in [2.75, 3.05) is 26.9 Å². The monoisotopic (exact) mass is 598 g/mol. The van der Waals surface area contributed by atoms with Gasteiger partial charge in [0.1, 0.15) is 18.2 Å².